The Kier molecular flexibility index (Phi) is 3.99. The molecule has 0 spiro atoms. The average molecular weight is 305 g/mol. The highest BCUT2D eigenvalue weighted by Crippen LogP contribution is 2.42. The first-order chi connectivity index (χ1) is 10.4. The number of rotatable bonds is 4. The molecule has 122 valence electrons. The molecule has 3 rings (SSSR count). The fraction of sp³-hybridized carbons (Fsp3) is 0.750. The van der Waals surface area contributed by atoms with Crippen LogP contribution in [0.4, 0.5) is 11.8 Å². The van der Waals surface area contributed by atoms with Gasteiger partial charge in [0.05, 0.1) is 18.2 Å². The molecule has 1 aromatic heterocycles. The number of ether oxygens (including phenoxy) is 1. The van der Waals surface area contributed by atoms with Crippen molar-refractivity contribution in [3.8, 4) is 0 Å². The van der Waals surface area contributed by atoms with Crippen LogP contribution in [0.2, 0.25) is 0 Å². The minimum atomic E-state index is 0.365. The van der Waals surface area contributed by atoms with Gasteiger partial charge in [-0.15, -0.1) is 0 Å². The van der Waals surface area contributed by atoms with E-state index in [9.17, 15) is 0 Å². The van der Waals surface area contributed by atoms with E-state index in [2.05, 4.69) is 36.2 Å². The number of hydrogen-bond acceptors (Lipinski definition) is 6. The molecule has 0 aromatic carbocycles. The van der Waals surface area contributed by atoms with Crippen LogP contribution >= 0.6 is 0 Å². The first kappa shape index (κ1) is 15.5. The first-order valence-electron chi connectivity index (χ1n) is 7.97. The zero-order valence-electron chi connectivity index (χ0n) is 14.4. The van der Waals surface area contributed by atoms with Crippen molar-refractivity contribution in [2.24, 2.45) is 5.92 Å². The second-order valence-electron chi connectivity index (χ2n) is 6.89. The molecule has 0 bridgehead atoms. The molecule has 1 N–H and O–H groups in total. The number of nitrogens with one attached hydrogen (secondary N) is 1. The van der Waals surface area contributed by atoms with Gasteiger partial charge in [-0.05, 0) is 34.4 Å². The number of aryl methyl sites for hydroxylation is 1. The van der Waals surface area contributed by atoms with E-state index < -0.39 is 0 Å². The second kappa shape index (κ2) is 5.66. The lowest BCUT2D eigenvalue weighted by Gasteiger charge is -2.51. The number of hydrogen-bond donors (Lipinski definition) is 1. The van der Waals surface area contributed by atoms with E-state index in [1.165, 1.54) is 0 Å². The number of anilines is 2. The van der Waals surface area contributed by atoms with Gasteiger partial charge < -0.3 is 19.9 Å². The van der Waals surface area contributed by atoms with Crippen molar-refractivity contribution in [3.63, 3.8) is 0 Å². The van der Waals surface area contributed by atoms with Crippen LogP contribution < -0.4 is 10.2 Å². The summed E-state index contributed by atoms with van der Waals surface area (Å²) in [6, 6.07) is 0.801. The van der Waals surface area contributed by atoms with E-state index in [0.717, 1.165) is 36.1 Å². The van der Waals surface area contributed by atoms with Crippen LogP contribution in [-0.4, -0.2) is 67.9 Å². The zero-order chi connectivity index (χ0) is 16.0. The lowest BCUT2D eigenvalue weighted by Crippen LogP contribution is -2.66. The quantitative estimate of drug-likeness (QED) is 0.905. The van der Waals surface area contributed by atoms with Crippen LogP contribution in [0.5, 0.6) is 0 Å². The highest BCUT2D eigenvalue weighted by Gasteiger charge is 2.55. The lowest BCUT2D eigenvalue weighted by atomic mass is 9.71. The second-order valence-corrected chi connectivity index (χ2v) is 6.89. The normalized spacial score (nSPS) is 30.1. The Hall–Kier alpha value is -1.40. The molecule has 1 aliphatic heterocycles. The van der Waals surface area contributed by atoms with Crippen molar-refractivity contribution in [2.45, 2.75) is 38.5 Å². The van der Waals surface area contributed by atoms with Crippen LogP contribution in [-0.2, 0) is 4.74 Å². The van der Waals surface area contributed by atoms with Gasteiger partial charge in [-0.25, -0.2) is 4.98 Å². The summed E-state index contributed by atoms with van der Waals surface area (Å²) in [4.78, 5) is 13.5. The molecule has 6 heteroatoms. The summed E-state index contributed by atoms with van der Waals surface area (Å²) in [7, 11) is 8.20. The van der Waals surface area contributed by atoms with Crippen molar-refractivity contribution in [1.29, 1.82) is 0 Å². The number of fused-ring (bicyclic) bond motifs is 1. The molecule has 1 aliphatic carbocycles. The molecule has 0 unspecified atom stereocenters. The summed E-state index contributed by atoms with van der Waals surface area (Å²) in [6.07, 6.45) is 1.50. The Bertz CT molecular complexity index is 560. The minimum Gasteiger partial charge on any atom is -0.376 e. The summed E-state index contributed by atoms with van der Waals surface area (Å²) in [5.74, 6) is 2.30. The lowest BCUT2D eigenvalue weighted by molar-refractivity contribution is -0.0516. The van der Waals surface area contributed by atoms with E-state index in [4.69, 9.17) is 9.72 Å². The smallest absolute Gasteiger partial charge is 0.227 e. The molecule has 1 saturated carbocycles. The maximum absolute atomic E-state index is 5.89. The molecule has 2 aliphatic rings. The van der Waals surface area contributed by atoms with E-state index in [1.807, 2.05) is 25.9 Å². The minimum absolute atomic E-state index is 0.365. The molecule has 4 atom stereocenters. The van der Waals surface area contributed by atoms with Crippen molar-refractivity contribution < 1.29 is 4.74 Å². The van der Waals surface area contributed by atoms with Crippen molar-refractivity contribution in [1.82, 2.24) is 14.9 Å². The van der Waals surface area contributed by atoms with Crippen LogP contribution in [0, 0.1) is 19.8 Å². The molecule has 1 saturated heterocycles. The van der Waals surface area contributed by atoms with Gasteiger partial charge in [0.15, 0.2) is 0 Å². The highest BCUT2D eigenvalue weighted by molar-refractivity contribution is 5.51. The van der Waals surface area contributed by atoms with Crippen LogP contribution in [0.25, 0.3) is 0 Å². The molecule has 2 heterocycles. The maximum atomic E-state index is 5.89. The van der Waals surface area contributed by atoms with E-state index in [-0.39, 0.29) is 0 Å². The number of nitrogens with zero attached hydrogens (tertiary/aromatic N) is 4. The van der Waals surface area contributed by atoms with Crippen LogP contribution in [0.1, 0.15) is 17.7 Å². The Morgan fingerprint density at radius 3 is 2.50 bits per heavy atom. The summed E-state index contributed by atoms with van der Waals surface area (Å²) in [6.45, 7) is 5.01. The average Bonchev–Trinajstić information content (AvgIpc) is 2.83. The SMILES string of the molecule is Cc1nc(N(C)C)nc(N[C@H]2[C@H]3CCO[C@H]3[C@@H]2N(C)C)c1C. The van der Waals surface area contributed by atoms with Gasteiger partial charge in [0, 0.05) is 37.9 Å². The van der Waals surface area contributed by atoms with Crippen LogP contribution in [0.3, 0.4) is 0 Å². The van der Waals surface area contributed by atoms with Gasteiger partial charge in [-0.1, -0.05) is 0 Å². The molecular formula is C16H27N5O. The first-order valence-corrected chi connectivity index (χ1v) is 7.97. The van der Waals surface area contributed by atoms with Crippen molar-refractivity contribution in [3.05, 3.63) is 11.3 Å². The summed E-state index contributed by atoms with van der Waals surface area (Å²) in [5, 5.41) is 3.69. The van der Waals surface area contributed by atoms with Gasteiger partial charge >= 0.3 is 0 Å². The van der Waals surface area contributed by atoms with E-state index in [1.54, 1.807) is 0 Å². The fourth-order valence-corrected chi connectivity index (χ4v) is 3.60. The predicted octanol–water partition coefficient (Wildman–Crippen LogP) is 1.29. The van der Waals surface area contributed by atoms with Gasteiger partial charge in [0.1, 0.15) is 5.82 Å². The predicted molar refractivity (Wildman–Crippen MR) is 88.6 cm³/mol. The summed E-state index contributed by atoms with van der Waals surface area (Å²) in [5.41, 5.74) is 2.16. The van der Waals surface area contributed by atoms with Crippen LogP contribution in [0.15, 0.2) is 0 Å². The Morgan fingerprint density at radius 2 is 1.86 bits per heavy atom. The van der Waals surface area contributed by atoms with E-state index in [0.29, 0.717) is 24.1 Å². The summed E-state index contributed by atoms with van der Waals surface area (Å²) >= 11 is 0. The standard InChI is InChI=1S/C16H27N5O/c1-9-10(2)17-16(21(5)6)19-15(9)18-12-11-7-8-22-14(11)13(12)20(3)4/h11-14H,7-8H2,1-6H3,(H,17,18,19)/t11-,12+,13-,14-/m1/s1. The molecule has 22 heavy (non-hydrogen) atoms. The van der Waals surface area contributed by atoms with Gasteiger partial charge in [0.2, 0.25) is 5.95 Å². The Labute approximate surface area is 132 Å². The van der Waals surface area contributed by atoms with Crippen molar-refractivity contribution in [2.75, 3.05) is 45.0 Å². The molecule has 0 amide bonds. The summed E-state index contributed by atoms with van der Waals surface area (Å²) < 4.78 is 5.89. The molecule has 6 nitrogen and oxygen atoms in total. The molecule has 0 radical (unpaired) electrons. The van der Waals surface area contributed by atoms with Gasteiger partial charge in [-0.2, -0.15) is 4.98 Å². The number of likely N-dealkylation sites (N-methyl/N-ethyl adjacent to an activating group) is 1. The highest BCUT2D eigenvalue weighted by atomic mass is 16.5. The third-order valence-electron chi connectivity index (χ3n) is 5.03. The Balaban J connectivity index is 1.86. The monoisotopic (exact) mass is 305 g/mol. The van der Waals surface area contributed by atoms with Gasteiger partial charge in [-0.3, -0.25) is 0 Å². The fourth-order valence-electron chi connectivity index (χ4n) is 3.60. The third kappa shape index (κ3) is 2.44. The maximum Gasteiger partial charge on any atom is 0.227 e. The molecular weight excluding hydrogens is 278 g/mol. The van der Waals surface area contributed by atoms with Gasteiger partial charge in [0.25, 0.3) is 0 Å². The van der Waals surface area contributed by atoms with E-state index >= 15 is 0 Å². The topological polar surface area (TPSA) is 53.5 Å². The van der Waals surface area contributed by atoms with Crippen molar-refractivity contribution >= 4 is 11.8 Å². The number of aromatic nitrogens is 2. The Morgan fingerprint density at radius 1 is 1.14 bits per heavy atom. The molecule has 1 aromatic rings. The zero-order valence-corrected chi connectivity index (χ0v) is 14.4. The third-order valence-corrected chi connectivity index (χ3v) is 5.03. The molecule has 2 fully saturated rings. The largest absolute Gasteiger partial charge is 0.376 e.